The van der Waals surface area contributed by atoms with E-state index in [-0.39, 0.29) is 5.41 Å². The lowest BCUT2D eigenvalue weighted by Crippen LogP contribution is -2.24. The van der Waals surface area contributed by atoms with Gasteiger partial charge >= 0.3 is 0 Å². The molecule has 0 unspecified atom stereocenters. The standard InChI is InChI=1S/C12H16N8S/c1-7-5-8(20-10(16-7)14-6-15-20)21-11-18-17-9(19(11)13)12(2,3)4/h5-6H,13H2,1-4H3. The number of hydrogen-bond donors (Lipinski definition) is 1. The molecule has 3 rings (SSSR count). The van der Waals surface area contributed by atoms with Gasteiger partial charge in [0.25, 0.3) is 5.78 Å². The molecule has 0 aliphatic carbocycles. The molecule has 0 aromatic carbocycles. The zero-order chi connectivity index (χ0) is 15.2. The Kier molecular flexibility index (Phi) is 3.08. The molecule has 2 N–H and O–H groups in total. The van der Waals surface area contributed by atoms with Gasteiger partial charge < -0.3 is 5.84 Å². The molecule has 0 saturated carbocycles. The highest BCUT2D eigenvalue weighted by molar-refractivity contribution is 7.99. The fourth-order valence-corrected chi connectivity index (χ4v) is 2.82. The third kappa shape index (κ3) is 2.44. The monoisotopic (exact) mass is 304 g/mol. The molecule has 8 nitrogen and oxygen atoms in total. The summed E-state index contributed by atoms with van der Waals surface area (Å²) in [5, 5.41) is 14.0. The summed E-state index contributed by atoms with van der Waals surface area (Å²) in [5.74, 6) is 7.38. The van der Waals surface area contributed by atoms with E-state index in [1.807, 2.05) is 33.8 Å². The van der Waals surface area contributed by atoms with E-state index in [2.05, 4.69) is 25.3 Å². The normalized spacial score (nSPS) is 12.2. The first kappa shape index (κ1) is 13.8. The molecule has 0 fully saturated rings. The molecule has 0 spiro atoms. The first-order valence-electron chi connectivity index (χ1n) is 6.42. The van der Waals surface area contributed by atoms with Gasteiger partial charge in [-0.2, -0.15) is 14.6 Å². The Morgan fingerprint density at radius 1 is 1.24 bits per heavy atom. The van der Waals surface area contributed by atoms with E-state index in [4.69, 9.17) is 5.84 Å². The van der Waals surface area contributed by atoms with Gasteiger partial charge in [-0.1, -0.05) is 20.8 Å². The van der Waals surface area contributed by atoms with Gasteiger partial charge in [0.05, 0.1) is 0 Å². The number of aromatic nitrogens is 7. The SMILES string of the molecule is Cc1cc(Sc2nnc(C(C)(C)C)n2N)n2ncnc2n1. The van der Waals surface area contributed by atoms with Crippen LogP contribution >= 0.6 is 11.8 Å². The van der Waals surface area contributed by atoms with Crippen molar-refractivity contribution in [2.75, 3.05) is 5.84 Å². The molecular weight excluding hydrogens is 288 g/mol. The summed E-state index contributed by atoms with van der Waals surface area (Å²) >= 11 is 1.38. The van der Waals surface area contributed by atoms with Crippen LogP contribution in [-0.4, -0.2) is 34.5 Å². The van der Waals surface area contributed by atoms with Crippen LogP contribution in [0.1, 0.15) is 32.3 Å². The highest BCUT2D eigenvalue weighted by Crippen LogP contribution is 2.28. The summed E-state index contributed by atoms with van der Waals surface area (Å²) in [4.78, 5) is 8.41. The van der Waals surface area contributed by atoms with E-state index in [1.54, 1.807) is 4.52 Å². The largest absolute Gasteiger partial charge is 0.336 e. The maximum absolute atomic E-state index is 6.10. The summed E-state index contributed by atoms with van der Waals surface area (Å²) in [5.41, 5.74) is 0.689. The van der Waals surface area contributed by atoms with Gasteiger partial charge in [-0.15, -0.1) is 10.2 Å². The number of nitrogen functional groups attached to an aromatic ring is 1. The van der Waals surface area contributed by atoms with Crippen LogP contribution in [0.4, 0.5) is 0 Å². The number of nitrogens with zero attached hydrogens (tertiary/aromatic N) is 7. The van der Waals surface area contributed by atoms with E-state index >= 15 is 0 Å². The maximum Gasteiger partial charge on any atom is 0.253 e. The van der Waals surface area contributed by atoms with E-state index in [9.17, 15) is 0 Å². The van der Waals surface area contributed by atoms with Crippen molar-refractivity contribution < 1.29 is 0 Å². The number of rotatable bonds is 2. The van der Waals surface area contributed by atoms with Gasteiger partial charge in [0, 0.05) is 11.1 Å². The molecule has 0 amide bonds. The lowest BCUT2D eigenvalue weighted by Gasteiger charge is -2.16. The highest BCUT2D eigenvalue weighted by atomic mass is 32.2. The maximum atomic E-state index is 6.10. The summed E-state index contributed by atoms with van der Waals surface area (Å²) < 4.78 is 3.17. The van der Waals surface area contributed by atoms with Crippen molar-refractivity contribution in [1.29, 1.82) is 0 Å². The zero-order valence-corrected chi connectivity index (χ0v) is 13.1. The van der Waals surface area contributed by atoms with Gasteiger partial charge in [-0.3, -0.25) is 0 Å². The van der Waals surface area contributed by atoms with Crippen molar-refractivity contribution in [3.8, 4) is 0 Å². The minimum Gasteiger partial charge on any atom is -0.336 e. The Balaban J connectivity index is 2.03. The second-order valence-corrected chi connectivity index (χ2v) is 6.72. The average molecular weight is 304 g/mol. The van der Waals surface area contributed by atoms with Crippen LogP contribution in [0.3, 0.4) is 0 Å². The highest BCUT2D eigenvalue weighted by Gasteiger charge is 2.23. The molecule has 9 heteroatoms. The van der Waals surface area contributed by atoms with Crippen LogP contribution in [0.25, 0.3) is 5.78 Å². The fraction of sp³-hybridized carbons (Fsp3) is 0.417. The Morgan fingerprint density at radius 2 is 2.00 bits per heavy atom. The molecule has 0 radical (unpaired) electrons. The van der Waals surface area contributed by atoms with Crippen LogP contribution < -0.4 is 5.84 Å². The topological polar surface area (TPSA) is 99.8 Å². The Morgan fingerprint density at radius 3 is 2.67 bits per heavy atom. The molecule has 110 valence electrons. The third-order valence-electron chi connectivity index (χ3n) is 2.88. The molecule has 0 saturated heterocycles. The van der Waals surface area contributed by atoms with E-state index in [0.717, 1.165) is 16.5 Å². The van der Waals surface area contributed by atoms with E-state index in [1.165, 1.54) is 22.8 Å². The van der Waals surface area contributed by atoms with Crippen LogP contribution in [0.2, 0.25) is 0 Å². The van der Waals surface area contributed by atoms with Gasteiger partial charge in [0.15, 0.2) is 5.82 Å². The summed E-state index contributed by atoms with van der Waals surface area (Å²) in [6, 6.07) is 1.91. The van der Waals surface area contributed by atoms with Crippen molar-refractivity contribution >= 4 is 17.5 Å². The van der Waals surface area contributed by atoms with Gasteiger partial charge in [-0.25, -0.2) is 9.66 Å². The summed E-state index contributed by atoms with van der Waals surface area (Å²) in [6.45, 7) is 8.04. The molecular formula is C12H16N8S. The predicted molar refractivity (Wildman–Crippen MR) is 78.5 cm³/mol. The summed E-state index contributed by atoms with van der Waals surface area (Å²) in [7, 11) is 0. The molecule has 0 bridgehead atoms. The van der Waals surface area contributed by atoms with Crippen LogP contribution in [0, 0.1) is 6.92 Å². The predicted octanol–water partition coefficient (Wildman–Crippen LogP) is 1.19. The molecule has 3 aromatic heterocycles. The van der Waals surface area contributed by atoms with E-state index < -0.39 is 0 Å². The number of aryl methyl sites for hydroxylation is 1. The lowest BCUT2D eigenvalue weighted by atomic mass is 9.96. The van der Waals surface area contributed by atoms with Crippen molar-refractivity contribution in [2.24, 2.45) is 0 Å². The number of fused-ring (bicyclic) bond motifs is 1. The van der Waals surface area contributed by atoms with Crippen molar-refractivity contribution in [3.63, 3.8) is 0 Å². The van der Waals surface area contributed by atoms with Crippen molar-refractivity contribution in [2.45, 2.75) is 43.3 Å². The molecule has 0 atom stereocenters. The Bertz CT molecular complexity index is 797. The smallest absolute Gasteiger partial charge is 0.253 e. The van der Waals surface area contributed by atoms with Crippen LogP contribution in [-0.2, 0) is 5.41 Å². The van der Waals surface area contributed by atoms with Crippen molar-refractivity contribution in [1.82, 2.24) is 34.5 Å². The molecule has 21 heavy (non-hydrogen) atoms. The zero-order valence-electron chi connectivity index (χ0n) is 12.3. The molecule has 3 aromatic rings. The van der Waals surface area contributed by atoms with Gasteiger partial charge in [-0.05, 0) is 24.8 Å². The first-order valence-corrected chi connectivity index (χ1v) is 7.24. The second-order valence-electron chi connectivity index (χ2n) is 5.74. The quantitative estimate of drug-likeness (QED) is 0.560. The third-order valence-corrected chi connectivity index (χ3v) is 3.84. The van der Waals surface area contributed by atoms with Gasteiger partial charge in [0.2, 0.25) is 5.16 Å². The van der Waals surface area contributed by atoms with Crippen LogP contribution in [0.5, 0.6) is 0 Å². The fourth-order valence-electron chi connectivity index (χ4n) is 1.92. The van der Waals surface area contributed by atoms with Gasteiger partial charge in [0.1, 0.15) is 11.4 Å². The van der Waals surface area contributed by atoms with Crippen molar-refractivity contribution in [3.05, 3.63) is 23.9 Å². The Hall–Kier alpha value is -2.16. The number of hydrogen-bond acceptors (Lipinski definition) is 7. The second kappa shape index (κ2) is 4.69. The minimum absolute atomic E-state index is 0.169. The lowest BCUT2D eigenvalue weighted by molar-refractivity contribution is 0.523. The van der Waals surface area contributed by atoms with E-state index in [0.29, 0.717) is 10.9 Å². The number of nitrogens with two attached hydrogens (primary N) is 1. The average Bonchev–Trinajstić information content (AvgIpc) is 2.96. The first-order chi connectivity index (χ1) is 9.86. The Labute approximate surface area is 125 Å². The summed E-state index contributed by atoms with van der Waals surface area (Å²) in [6.07, 6.45) is 1.47. The van der Waals surface area contributed by atoms with Crippen LogP contribution in [0.15, 0.2) is 22.6 Å². The molecule has 0 aliphatic heterocycles. The minimum atomic E-state index is -0.169. The molecule has 0 aliphatic rings. The molecule has 3 heterocycles.